The molecule has 1 heterocycles. The summed E-state index contributed by atoms with van der Waals surface area (Å²) in [6, 6.07) is 7.38. The lowest BCUT2D eigenvalue weighted by Gasteiger charge is -2.25. The number of aromatic nitrogens is 1. The number of benzene rings is 1. The second-order valence-electron chi connectivity index (χ2n) is 7.01. The summed E-state index contributed by atoms with van der Waals surface area (Å²) >= 11 is 5.52. The van der Waals surface area contributed by atoms with Gasteiger partial charge in [0.2, 0.25) is 0 Å². The molecule has 4 N–H and O–H groups in total. The number of rotatable bonds is 11. The Balaban J connectivity index is 2.06. The molecule has 2 rings (SSSR count). The molecular weight excluding hydrogens is 388 g/mol. The normalized spacial score (nSPS) is 11.1. The number of aliphatic hydroxyl groups excluding tert-OH is 1. The summed E-state index contributed by atoms with van der Waals surface area (Å²) in [6.07, 6.45) is 1.01. The first-order valence-corrected chi connectivity index (χ1v) is 10.6. The van der Waals surface area contributed by atoms with E-state index >= 15 is 0 Å². The standard InChI is InChI=1S/C21H32N4O3S/c1-4-24(5-2)10-6-9-22-21(29)25(11-12-26)15-17-13-16-14-18(28-3)7-8-19(16)23-20(17)27/h7-8,13-14,26H,4-6,9-12,15H2,1-3H3,(H,22,29)(H,23,27)/p+1. The fourth-order valence-corrected chi connectivity index (χ4v) is 3.56. The number of ether oxygens (including phenoxy) is 1. The molecule has 0 amide bonds. The third-order valence-electron chi connectivity index (χ3n) is 5.13. The van der Waals surface area contributed by atoms with Gasteiger partial charge in [-0.25, -0.2) is 0 Å². The van der Waals surface area contributed by atoms with Crippen LogP contribution in [-0.4, -0.2) is 66.5 Å². The van der Waals surface area contributed by atoms with Gasteiger partial charge in [-0.1, -0.05) is 0 Å². The second-order valence-corrected chi connectivity index (χ2v) is 7.40. The van der Waals surface area contributed by atoms with Crippen LogP contribution in [0, 0.1) is 0 Å². The SMILES string of the molecule is CC[NH+](CC)CCCNC(=S)N(CCO)Cc1cc2cc(OC)ccc2[nH]c1=O. The molecule has 8 heteroatoms. The highest BCUT2D eigenvalue weighted by Gasteiger charge is 2.13. The number of pyridine rings is 1. The first kappa shape index (κ1) is 23.1. The molecule has 0 bridgehead atoms. The molecular formula is C21H33N4O3S+. The number of fused-ring (bicyclic) bond motifs is 1. The zero-order chi connectivity index (χ0) is 21.2. The molecule has 0 fully saturated rings. The van der Waals surface area contributed by atoms with Crippen LogP contribution in [0.25, 0.3) is 10.9 Å². The van der Waals surface area contributed by atoms with E-state index in [1.54, 1.807) is 12.0 Å². The molecule has 0 aliphatic rings. The average molecular weight is 422 g/mol. The summed E-state index contributed by atoms with van der Waals surface area (Å²) in [5.74, 6) is 0.732. The number of nitrogens with zero attached hydrogens (tertiary/aromatic N) is 1. The van der Waals surface area contributed by atoms with Gasteiger partial charge in [0.15, 0.2) is 5.11 Å². The molecule has 0 spiro atoms. The van der Waals surface area contributed by atoms with Gasteiger partial charge in [-0.05, 0) is 50.3 Å². The average Bonchev–Trinajstić information content (AvgIpc) is 2.73. The van der Waals surface area contributed by atoms with Crippen LogP contribution in [-0.2, 0) is 6.54 Å². The van der Waals surface area contributed by atoms with E-state index in [1.807, 2.05) is 29.2 Å². The Morgan fingerprint density at radius 2 is 2.07 bits per heavy atom. The molecule has 29 heavy (non-hydrogen) atoms. The highest BCUT2D eigenvalue weighted by atomic mass is 32.1. The summed E-state index contributed by atoms with van der Waals surface area (Å²) in [6.45, 7) is 9.14. The minimum Gasteiger partial charge on any atom is -0.497 e. The van der Waals surface area contributed by atoms with Crippen molar-refractivity contribution in [3.8, 4) is 5.75 Å². The fourth-order valence-electron chi connectivity index (χ4n) is 3.30. The highest BCUT2D eigenvalue weighted by Crippen LogP contribution is 2.19. The van der Waals surface area contributed by atoms with E-state index in [-0.39, 0.29) is 12.2 Å². The number of hydrogen-bond donors (Lipinski definition) is 4. The van der Waals surface area contributed by atoms with Crippen LogP contribution in [0.4, 0.5) is 0 Å². The van der Waals surface area contributed by atoms with Gasteiger partial charge in [0, 0.05) is 36.0 Å². The van der Waals surface area contributed by atoms with E-state index in [0.29, 0.717) is 23.8 Å². The summed E-state index contributed by atoms with van der Waals surface area (Å²) in [7, 11) is 1.61. The van der Waals surface area contributed by atoms with Gasteiger partial charge in [0.1, 0.15) is 5.75 Å². The third kappa shape index (κ3) is 6.69. The van der Waals surface area contributed by atoms with Crippen LogP contribution in [0.5, 0.6) is 5.75 Å². The third-order valence-corrected chi connectivity index (χ3v) is 5.53. The number of nitrogens with one attached hydrogen (secondary N) is 3. The van der Waals surface area contributed by atoms with Crippen LogP contribution in [0.3, 0.4) is 0 Å². The van der Waals surface area contributed by atoms with E-state index in [2.05, 4.69) is 24.1 Å². The van der Waals surface area contributed by atoms with E-state index in [9.17, 15) is 9.90 Å². The van der Waals surface area contributed by atoms with E-state index in [4.69, 9.17) is 17.0 Å². The van der Waals surface area contributed by atoms with E-state index in [0.717, 1.165) is 49.3 Å². The number of aliphatic hydroxyl groups is 1. The predicted octanol–water partition coefficient (Wildman–Crippen LogP) is 0.520. The van der Waals surface area contributed by atoms with Gasteiger partial charge in [0.05, 0.1) is 39.9 Å². The number of methoxy groups -OCH3 is 1. The zero-order valence-corrected chi connectivity index (χ0v) is 18.4. The largest absolute Gasteiger partial charge is 0.497 e. The Kier molecular flexibility index (Phi) is 9.37. The lowest BCUT2D eigenvalue weighted by Crippen LogP contribution is -3.11. The molecule has 0 unspecified atom stereocenters. The Bertz CT molecular complexity index is 851. The lowest BCUT2D eigenvalue weighted by molar-refractivity contribution is -0.896. The van der Waals surface area contributed by atoms with Gasteiger partial charge in [-0.3, -0.25) is 4.79 Å². The number of hydrogen-bond acceptors (Lipinski definition) is 4. The second kappa shape index (κ2) is 11.7. The molecule has 1 aromatic carbocycles. The van der Waals surface area contributed by atoms with Crippen molar-refractivity contribution >= 4 is 28.2 Å². The lowest BCUT2D eigenvalue weighted by atomic mass is 10.1. The van der Waals surface area contributed by atoms with Crippen LogP contribution >= 0.6 is 12.2 Å². The van der Waals surface area contributed by atoms with E-state index < -0.39 is 0 Å². The Morgan fingerprint density at radius 3 is 2.72 bits per heavy atom. The van der Waals surface area contributed by atoms with Crippen molar-refractivity contribution in [1.82, 2.24) is 15.2 Å². The molecule has 160 valence electrons. The first-order chi connectivity index (χ1) is 14.0. The van der Waals surface area contributed by atoms with Crippen LogP contribution in [0.1, 0.15) is 25.8 Å². The van der Waals surface area contributed by atoms with Crippen molar-refractivity contribution in [2.75, 3.05) is 46.4 Å². The van der Waals surface area contributed by atoms with Gasteiger partial charge in [0.25, 0.3) is 5.56 Å². The minimum absolute atomic E-state index is 0.0370. The summed E-state index contributed by atoms with van der Waals surface area (Å²) < 4.78 is 5.27. The molecule has 0 atom stereocenters. The van der Waals surface area contributed by atoms with Gasteiger partial charge < -0.3 is 29.9 Å². The number of H-pyrrole nitrogens is 1. The monoisotopic (exact) mass is 421 g/mol. The first-order valence-electron chi connectivity index (χ1n) is 10.2. The van der Waals surface area contributed by atoms with Crippen LogP contribution in [0.15, 0.2) is 29.1 Å². The molecule has 7 nitrogen and oxygen atoms in total. The van der Waals surface area contributed by atoms with Crippen LogP contribution in [0.2, 0.25) is 0 Å². The Hall–Kier alpha value is -2.16. The van der Waals surface area contributed by atoms with Crippen molar-refractivity contribution in [2.24, 2.45) is 0 Å². The Morgan fingerprint density at radius 1 is 1.31 bits per heavy atom. The summed E-state index contributed by atoms with van der Waals surface area (Å²) in [4.78, 5) is 18.8. The number of aromatic amines is 1. The minimum atomic E-state index is -0.154. The van der Waals surface area contributed by atoms with Crippen molar-refractivity contribution < 1.29 is 14.7 Å². The van der Waals surface area contributed by atoms with Gasteiger partial charge in [-0.15, -0.1) is 0 Å². The summed E-state index contributed by atoms with van der Waals surface area (Å²) in [5, 5.41) is 14.2. The number of thiocarbonyl (C=S) groups is 1. The molecule has 0 aliphatic heterocycles. The van der Waals surface area contributed by atoms with Crippen molar-refractivity contribution in [2.45, 2.75) is 26.8 Å². The predicted molar refractivity (Wildman–Crippen MR) is 121 cm³/mol. The van der Waals surface area contributed by atoms with Gasteiger partial charge in [-0.2, -0.15) is 0 Å². The molecule has 0 aliphatic carbocycles. The van der Waals surface area contributed by atoms with Crippen molar-refractivity contribution in [1.29, 1.82) is 0 Å². The maximum Gasteiger partial charge on any atom is 0.253 e. The van der Waals surface area contributed by atoms with Crippen molar-refractivity contribution in [3.05, 3.63) is 40.2 Å². The molecule has 0 radical (unpaired) electrons. The van der Waals surface area contributed by atoms with Gasteiger partial charge >= 0.3 is 0 Å². The molecule has 0 saturated heterocycles. The highest BCUT2D eigenvalue weighted by molar-refractivity contribution is 7.80. The number of quaternary nitrogens is 1. The zero-order valence-electron chi connectivity index (χ0n) is 17.6. The Labute approximate surface area is 177 Å². The van der Waals surface area contributed by atoms with Crippen molar-refractivity contribution in [3.63, 3.8) is 0 Å². The quantitative estimate of drug-likeness (QED) is 0.313. The van der Waals surface area contributed by atoms with Crippen LogP contribution < -0.4 is 20.5 Å². The fraction of sp³-hybridized carbons (Fsp3) is 0.524. The molecule has 1 aromatic heterocycles. The maximum atomic E-state index is 12.5. The smallest absolute Gasteiger partial charge is 0.253 e. The molecule has 2 aromatic rings. The summed E-state index contributed by atoms with van der Waals surface area (Å²) in [5.41, 5.74) is 1.20. The maximum absolute atomic E-state index is 12.5. The topological polar surface area (TPSA) is 82.0 Å². The molecule has 0 saturated carbocycles. The van der Waals surface area contributed by atoms with E-state index in [1.165, 1.54) is 0 Å².